The number of imidazole rings is 1. The molecule has 0 radical (unpaired) electrons. The molecule has 6 heteroatoms. The van der Waals surface area contributed by atoms with E-state index < -0.39 is 0 Å². The third-order valence-electron chi connectivity index (χ3n) is 2.63. The first-order valence-electron chi connectivity index (χ1n) is 5.92. The molecule has 0 atom stereocenters. The number of aryl methyl sites for hydroxylation is 2. The minimum Gasteiger partial charge on any atom is -0.369 e. The summed E-state index contributed by atoms with van der Waals surface area (Å²) >= 11 is 5.92. The zero-order chi connectivity index (χ0) is 13.0. The molecule has 0 amide bonds. The van der Waals surface area contributed by atoms with Crippen molar-refractivity contribution in [1.82, 2.24) is 19.5 Å². The van der Waals surface area contributed by atoms with E-state index in [0.717, 1.165) is 36.9 Å². The summed E-state index contributed by atoms with van der Waals surface area (Å²) in [6, 6.07) is 1.74. The fraction of sp³-hybridized carbons (Fsp3) is 0.417. The minimum absolute atomic E-state index is 0.473. The summed E-state index contributed by atoms with van der Waals surface area (Å²) in [4.78, 5) is 12.7. The second-order valence-electron chi connectivity index (χ2n) is 3.98. The molecule has 0 aliphatic heterocycles. The van der Waals surface area contributed by atoms with Gasteiger partial charge in [-0.25, -0.2) is 15.0 Å². The first kappa shape index (κ1) is 12.8. The van der Waals surface area contributed by atoms with Crippen LogP contribution in [0.1, 0.15) is 18.6 Å². The lowest BCUT2D eigenvalue weighted by molar-refractivity contribution is 0.787. The second kappa shape index (κ2) is 5.82. The number of hydrogen-bond acceptors (Lipinski definition) is 4. The first-order chi connectivity index (χ1) is 8.69. The van der Waals surface area contributed by atoms with Crippen LogP contribution in [0, 0.1) is 0 Å². The molecule has 2 rings (SSSR count). The van der Waals surface area contributed by atoms with Gasteiger partial charge in [-0.15, -0.1) is 0 Å². The SMILES string of the molecule is CCc1nc(Cl)cc(NCCc2nccn2C)n1. The van der Waals surface area contributed by atoms with Crippen molar-refractivity contribution < 1.29 is 0 Å². The highest BCUT2D eigenvalue weighted by atomic mass is 35.5. The van der Waals surface area contributed by atoms with Crippen LogP contribution in [0.5, 0.6) is 0 Å². The molecular weight excluding hydrogens is 250 g/mol. The van der Waals surface area contributed by atoms with Crippen LogP contribution >= 0.6 is 11.6 Å². The van der Waals surface area contributed by atoms with Crippen molar-refractivity contribution in [3.63, 3.8) is 0 Å². The number of hydrogen-bond donors (Lipinski definition) is 1. The molecule has 0 unspecified atom stereocenters. The fourth-order valence-electron chi connectivity index (χ4n) is 1.65. The molecule has 0 saturated heterocycles. The van der Waals surface area contributed by atoms with Gasteiger partial charge in [-0.05, 0) is 0 Å². The van der Waals surface area contributed by atoms with Crippen molar-refractivity contribution in [2.75, 3.05) is 11.9 Å². The Balaban J connectivity index is 1.94. The molecule has 2 aromatic heterocycles. The molecule has 0 aromatic carbocycles. The van der Waals surface area contributed by atoms with Crippen LogP contribution < -0.4 is 5.32 Å². The molecule has 0 fully saturated rings. The fourth-order valence-corrected chi connectivity index (χ4v) is 1.85. The first-order valence-corrected chi connectivity index (χ1v) is 6.30. The standard InChI is InChI=1S/C12H16ClN5/c1-3-10-16-9(13)8-11(17-10)14-5-4-12-15-6-7-18(12)2/h6-8H,3-5H2,1-2H3,(H,14,16,17). The van der Waals surface area contributed by atoms with Crippen LogP contribution in [-0.4, -0.2) is 26.1 Å². The van der Waals surface area contributed by atoms with E-state index in [9.17, 15) is 0 Å². The molecule has 2 heterocycles. The van der Waals surface area contributed by atoms with Crippen molar-refractivity contribution in [3.8, 4) is 0 Å². The summed E-state index contributed by atoms with van der Waals surface area (Å²) in [5.41, 5.74) is 0. The van der Waals surface area contributed by atoms with E-state index in [1.807, 2.05) is 24.7 Å². The smallest absolute Gasteiger partial charge is 0.134 e. The maximum absolute atomic E-state index is 5.92. The average molecular weight is 266 g/mol. The van der Waals surface area contributed by atoms with Crippen molar-refractivity contribution >= 4 is 17.4 Å². The predicted octanol–water partition coefficient (Wildman–Crippen LogP) is 2.08. The van der Waals surface area contributed by atoms with Gasteiger partial charge >= 0.3 is 0 Å². The molecule has 0 saturated carbocycles. The van der Waals surface area contributed by atoms with E-state index in [1.54, 1.807) is 12.3 Å². The number of halogens is 1. The Kier molecular flexibility index (Phi) is 4.15. The van der Waals surface area contributed by atoms with Gasteiger partial charge in [0.15, 0.2) is 0 Å². The highest BCUT2D eigenvalue weighted by Gasteiger charge is 2.03. The maximum Gasteiger partial charge on any atom is 0.134 e. The summed E-state index contributed by atoms with van der Waals surface area (Å²) in [6.07, 6.45) is 5.35. The van der Waals surface area contributed by atoms with Gasteiger partial charge in [-0.1, -0.05) is 18.5 Å². The highest BCUT2D eigenvalue weighted by Crippen LogP contribution is 2.11. The Bertz CT molecular complexity index is 523. The van der Waals surface area contributed by atoms with Crippen LogP contribution in [0.15, 0.2) is 18.5 Å². The summed E-state index contributed by atoms with van der Waals surface area (Å²) in [5, 5.41) is 3.71. The lowest BCUT2D eigenvalue weighted by Crippen LogP contribution is -2.10. The van der Waals surface area contributed by atoms with Gasteiger partial charge in [0.25, 0.3) is 0 Å². The Labute approximate surface area is 111 Å². The van der Waals surface area contributed by atoms with Gasteiger partial charge in [-0.2, -0.15) is 0 Å². The topological polar surface area (TPSA) is 55.6 Å². The summed E-state index contributed by atoms with van der Waals surface area (Å²) in [5.74, 6) is 2.56. The van der Waals surface area contributed by atoms with Gasteiger partial charge in [0.05, 0.1) is 0 Å². The molecule has 2 aromatic rings. The third kappa shape index (κ3) is 3.20. The Morgan fingerprint density at radius 1 is 1.39 bits per heavy atom. The predicted molar refractivity (Wildman–Crippen MR) is 71.8 cm³/mol. The van der Waals surface area contributed by atoms with E-state index in [4.69, 9.17) is 11.6 Å². The monoisotopic (exact) mass is 265 g/mol. The zero-order valence-corrected chi connectivity index (χ0v) is 11.3. The zero-order valence-electron chi connectivity index (χ0n) is 10.5. The van der Waals surface area contributed by atoms with Gasteiger partial charge < -0.3 is 9.88 Å². The van der Waals surface area contributed by atoms with Crippen LogP contribution in [0.25, 0.3) is 0 Å². The minimum atomic E-state index is 0.473. The van der Waals surface area contributed by atoms with Gasteiger partial charge in [-0.3, -0.25) is 0 Å². The lowest BCUT2D eigenvalue weighted by Gasteiger charge is -2.07. The van der Waals surface area contributed by atoms with E-state index in [0.29, 0.717) is 5.15 Å². The molecule has 1 N–H and O–H groups in total. The lowest BCUT2D eigenvalue weighted by atomic mass is 10.4. The number of nitrogens with one attached hydrogen (secondary N) is 1. The molecular formula is C12H16ClN5. The van der Waals surface area contributed by atoms with E-state index in [-0.39, 0.29) is 0 Å². The number of aromatic nitrogens is 4. The van der Waals surface area contributed by atoms with E-state index in [1.165, 1.54) is 0 Å². The quantitative estimate of drug-likeness (QED) is 0.841. The molecule has 0 aliphatic rings. The second-order valence-corrected chi connectivity index (χ2v) is 4.36. The highest BCUT2D eigenvalue weighted by molar-refractivity contribution is 6.29. The number of anilines is 1. The van der Waals surface area contributed by atoms with Crippen LogP contribution in [0.4, 0.5) is 5.82 Å². The van der Waals surface area contributed by atoms with Crippen LogP contribution in [0.3, 0.4) is 0 Å². The van der Waals surface area contributed by atoms with Crippen molar-refractivity contribution in [2.24, 2.45) is 7.05 Å². The summed E-state index contributed by atoms with van der Waals surface area (Å²) in [7, 11) is 1.99. The van der Waals surface area contributed by atoms with E-state index in [2.05, 4.69) is 20.3 Å². The van der Waals surface area contributed by atoms with Crippen molar-refractivity contribution in [2.45, 2.75) is 19.8 Å². The van der Waals surface area contributed by atoms with Crippen LogP contribution in [0.2, 0.25) is 5.15 Å². The van der Waals surface area contributed by atoms with Gasteiger partial charge in [0, 0.05) is 44.9 Å². The van der Waals surface area contributed by atoms with Gasteiger partial charge in [0.2, 0.25) is 0 Å². The third-order valence-corrected chi connectivity index (χ3v) is 2.83. The maximum atomic E-state index is 5.92. The molecule has 96 valence electrons. The summed E-state index contributed by atoms with van der Waals surface area (Å²) < 4.78 is 2.01. The largest absolute Gasteiger partial charge is 0.369 e. The molecule has 0 spiro atoms. The number of nitrogens with zero attached hydrogens (tertiary/aromatic N) is 4. The normalized spacial score (nSPS) is 10.6. The Morgan fingerprint density at radius 3 is 2.89 bits per heavy atom. The van der Waals surface area contributed by atoms with Crippen molar-refractivity contribution in [1.29, 1.82) is 0 Å². The molecule has 18 heavy (non-hydrogen) atoms. The Hall–Kier alpha value is -1.62. The molecule has 0 bridgehead atoms. The molecule has 0 aliphatic carbocycles. The van der Waals surface area contributed by atoms with Crippen molar-refractivity contribution in [3.05, 3.63) is 35.3 Å². The van der Waals surface area contributed by atoms with Crippen LogP contribution in [-0.2, 0) is 19.9 Å². The van der Waals surface area contributed by atoms with E-state index >= 15 is 0 Å². The van der Waals surface area contributed by atoms with Gasteiger partial charge in [0.1, 0.15) is 22.6 Å². The summed E-state index contributed by atoms with van der Waals surface area (Å²) in [6.45, 7) is 2.77. The Morgan fingerprint density at radius 2 is 2.22 bits per heavy atom. The average Bonchev–Trinajstić information content (AvgIpc) is 2.74. The molecule has 5 nitrogen and oxygen atoms in total. The number of rotatable bonds is 5.